The Morgan fingerprint density at radius 2 is 1.94 bits per heavy atom. The minimum absolute atomic E-state index is 0.120. The molecule has 16 heavy (non-hydrogen) atoms. The van der Waals surface area contributed by atoms with Gasteiger partial charge in [-0.15, -0.1) is 0 Å². The lowest BCUT2D eigenvalue weighted by Crippen LogP contribution is -2.46. The van der Waals surface area contributed by atoms with E-state index in [0.29, 0.717) is 6.54 Å². The van der Waals surface area contributed by atoms with Crippen molar-refractivity contribution in [1.29, 1.82) is 0 Å². The quantitative estimate of drug-likeness (QED) is 0.745. The largest absolute Gasteiger partial charge is 0.340 e. The maximum atomic E-state index is 11.9. The highest BCUT2D eigenvalue weighted by atomic mass is 16.2. The smallest absolute Gasteiger partial charge is 0.249 e. The van der Waals surface area contributed by atoms with Gasteiger partial charge in [-0.2, -0.15) is 0 Å². The van der Waals surface area contributed by atoms with Crippen molar-refractivity contribution in [3.63, 3.8) is 0 Å². The highest BCUT2D eigenvalue weighted by Crippen LogP contribution is 2.21. The van der Waals surface area contributed by atoms with Gasteiger partial charge in [-0.1, -0.05) is 33.8 Å². The molecule has 1 unspecified atom stereocenters. The molecule has 2 N–H and O–H groups in total. The lowest BCUT2D eigenvalue weighted by Gasteiger charge is -2.26. The van der Waals surface area contributed by atoms with Crippen LogP contribution in [0.2, 0.25) is 0 Å². The lowest BCUT2D eigenvalue weighted by molar-refractivity contribution is -0.126. The van der Waals surface area contributed by atoms with Crippen molar-refractivity contribution in [1.82, 2.24) is 4.90 Å². The van der Waals surface area contributed by atoms with Gasteiger partial charge in [0.05, 0.1) is 0 Å². The van der Waals surface area contributed by atoms with Gasteiger partial charge in [-0.05, 0) is 19.3 Å². The van der Waals surface area contributed by atoms with E-state index in [-0.39, 0.29) is 17.4 Å². The van der Waals surface area contributed by atoms with Crippen molar-refractivity contribution >= 4 is 5.91 Å². The van der Waals surface area contributed by atoms with E-state index in [9.17, 15) is 4.79 Å². The summed E-state index contributed by atoms with van der Waals surface area (Å²) in [7, 11) is 1.81. The molecule has 0 aromatic rings. The molecule has 0 aromatic carbocycles. The third kappa shape index (κ3) is 3.97. The Morgan fingerprint density at radius 1 is 1.44 bits per heavy atom. The van der Waals surface area contributed by atoms with E-state index in [0.717, 1.165) is 12.0 Å². The Hall–Kier alpha value is -0.830. The summed E-state index contributed by atoms with van der Waals surface area (Å²) < 4.78 is 0. The van der Waals surface area contributed by atoms with Crippen LogP contribution in [0.5, 0.6) is 0 Å². The Kier molecular flexibility index (Phi) is 5.73. The first-order chi connectivity index (χ1) is 7.33. The molecule has 1 heterocycles. The molecule has 94 valence electrons. The monoisotopic (exact) mass is 226 g/mol. The fourth-order valence-electron chi connectivity index (χ4n) is 1.81. The number of hydrogen-bond acceptors (Lipinski definition) is 2. The summed E-state index contributed by atoms with van der Waals surface area (Å²) in [6, 6.07) is 0. The number of rotatable bonds is 1. The van der Waals surface area contributed by atoms with Crippen LogP contribution in [0.25, 0.3) is 0 Å². The molecule has 0 saturated heterocycles. The summed E-state index contributed by atoms with van der Waals surface area (Å²) in [5, 5.41) is 0. The highest BCUT2D eigenvalue weighted by Gasteiger charge is 2.28. The van der Waals surface area contributed by atoms with E-state index in [1.54, 1.807) is 4.90 Å². The number of nitrogens with zero attached hydrogens (tertiary/aromatic N) is 1. The number of carbonyl (C=O) groups excluding carboxylic acids is 1. The average Bonchev–Trinajstić information content (AvgIpc) is 2.28. The zero-order valence-electron chi connectivity index (χ0n) is 11.5. The van der Waals surface area contributed by atoms with E-state index in [1.807, 2.05) is 47.7 Å². The summed E-state index contributed by atoms with van der Waals surface area (Å²) in [5.74, 6) is 0.396. The second-order valence-electron chi connectivity index (χ2n) is 4.83. The van der Waals surface area contributed by atoms with Crippen molar-refractivity contribution in [2.75, 3.05) is 13.6 Å². The second kappa shape index (κ2) is 6.04. The minimum atomic E-state index is -0.291. The zero-order valence-corrected chi connectivity index (χ0v) is 11.5. The van der Waals surface area contributed by atoms with E-state index < -0.39 is 0 Å². The summed E-state index contributed by atoms with van der Waals surface area (Å²) in [5.41, 5.74) is 6.65. The predicted molar refractivity (Wildman–Crippen MR) is 69.1 cm³/mol. The van der Waals surface area contributed by atoms with Gasteiger partial charge < -0.3 is 10.6 Å². The van der Waals surface area contributed by atoms with Gasteiger partial charge in [0.15, 0.2) is 0 Å². The summed E-state index contributed by atoms with van der Waals surface area (Å²) in [6.45, 7) is 10.7. The molecule has 1 atom stereocenters. The van der Waals surface area contributed by atoms with Gasteiger partial charge in [0.2, 0.25) is 5.91 Å². The van der Waals surface area contributed by atoms with Crippen LogP contribution in [-0.4, -0.2) is 29.9 Å². The van der Waals surface area contributed by atoms with Crippen molar-refractivity contribution in [3.05, 3.63) is 11.6 Å². The van der Waals surface area contributed by atoms with Crippen LogP contribution in [0.4, 0.5) is 0 Å². The van der Waals surface area contributed by atoms with Gasteiger partial charge in [-0.3, -0.25) is 4.79 Å². The molecule has 0 spiro atoms. The number of amides is 1. The molecule has 0 saturated carbocycles. The van der Waals surface area contributed by atoms with Crippen molar-refractivity contribution < 1.29 is 4.79 Å². The molecule has 0 bridgehead atoms. The van der Waals surface area contributed by atoms with Crippen LogP contribution in [-0.2, 0) is 4.79 Å². The topological polar surface area (TPSA) is 46.3 Å². The molecule has 1 aliphatic rings. The van der Waals surface area contributed by atoms with Crippen LogP contribution >= 0.6 is 0 Å². The van der Waals surface area contributed by atoms with E-state index in [2.05, 4.69) is 0 Å². The van der Waals surface area contributed by atoms with Gasteiger partial charge in [0.1, 0.15) is 0 Å². The molecule has 0 fully saturated rings. The molecule has 1 rings (SSSR count). The predicted octanol–water partition coefficient (Wildman–Crippen LogP) is 2.17. The van der Waals surface area contributed by atoms with Gasteiger partial charge in [0, 0.05) is 24.7 Å². The number of hydrogen-bond donors (Lipinski definition) is 1. The molecule has 1 aliphatic heterocycles. The van der Waals surface area contributed by atoms with Crippen LogP contribution in [0.3, 0.4) is 0 Å². The van der Waals surface area contributed by atoms with Crippen LogP contribution in [0.15, 0.2) is 11.6 Å². The summed E-state index contributed by atoms with van der Waals surface area (Å²) in [4.78, 5) is 13.6. The molecule has 0 radical (unpaired) electrons. The van der Waals surface area contributed by atoms with Gasteiger partial charge >= 0.3 is 0 Å². The average molecular weight is 226 g/mol. The third-order valence-corrected chi connectivity index (χ3v) is 2.60. The Morgan fingerprint density at radius 3 is 2.38 bits per heavy atom. The Balaban J connectivity index is 0.00000106. The molecule has 0 aliphatic carbocycles. The van der Waals surface area contributed by atoms with Gasteiger partial charge in [0.25, 0.3) is 0 Å². The first-order valence-electron chi connectivity index (χ1n) is 6.08. The van der Waals surface area contributed by atoms with Crippen LogP contribution < -0.4 is 5.73 Å². The Bertz CT molecular complexity index is 267. The van der Waals surface area contributed by atoms with E-state index in [1.165, 1.54) is 0 Å². The van der Waals surface area contributed by atoms with E-state index >= 15 is 0 Å². The highest BCUT2D eigenvalue weighted by molar-refractivity contribution is 5.94. The Labute approximate surface area is 99.7 Å². The minimum Gasteiger partial charge on any atom is -0.340 e. The molecule has 3 nitrogen and oxygen atoms in total. The van der Waals surface area contributed by atoms with Gasteiger partial charge in [-0.25, -0.2) is 0 Å². The fraction of sp³-hybridized carbons (Fsp3) is 0.769. The number of likely N-dealkylation sites (N-methyl/N-ethyl adjacent to an activating group) is 1. The first kappa shape index (κ1) is 15.2. The normalized spacial score (nSPS) is 25.9. The molecular formula is C13H26N2O. The van der Waals surface area contributed by atoms with Crippen LogP contribution in [0, 0.1) is 5.92 Å². The maximum Gasteiger partial charge on any atom is 0.249 e. The second-order valence-corrected chi connectivity index (χ2v) is 4.83. The van der Waals surface area contributed by atoms with E-state index in [4.69, 9.17) is 5.73 Å². The summed E-state index contributed by atoms with van der Waals surface area (Å²) in [6.07, 6.45) is 2.77. The third-order valence-electron chi connectivity index (χ3n) is 2.60. The van der Waals surface area contributed by atoms with Crippen molar-refractivity contribution in [2.45, 2.75) is 46.6 Å². The molecule has 3 heteroatoms. The molecular weight excluding hydrogens is 200 g/mol. The fourth-order valence-corrected chi connectivity index (χ4v) is 1.81. The molecule has 0 aromatic heterocycles. The van der Waals surface area contributed by atoms with Crippen molar-refractivity contribution in [2.24, 2.45) is 11.7 Å². The molecule has 1 amide bonds. The maximum absolute atomic E-state index is 11.9. The summed E-state index contributed by atoms with van der Waals surface area (Å²) >= 11 is 0. The van der Waals surface area contributed by atoms with Crippen LogP contribution in [0.1, 0.15) is 41.0 Å². The van der Waals surface area contributed by atoms with Crippen molar-refractivity contribution in [3.8, 4) is 0 Å². The zero-order chi connectivity index (χ0) is 12.9. The number of carbonyl (C=O) groups is 1. The SMILES string of the molecule is CC.CC(C)C1=CCC(C)(N)CN(C)C1=O. The number of nitrogens with two attached hydrogens (primary N) is 1. The lowest BCUT2D eigenvalue weighted by atomic mass is 9.97. The standard InChI is InChI=1S/C11H20N2O.C2H6/c1-8(2)9-5-6-11(3,12)7-13(4)10(9)14;1-2/h5,8H,6-7,12H2,1-4H3;1-2H3. The first-order valence-corrected chi connectivity index (χ1v) is 6.08.